The molecule has 0 aromatic rings. The van der Waals surface area contributed by atoms with Crippen molar-refractivity contribution in [3.8, 4) is 0 Å². The number of hydrogen-bond donors (Lipinski definition) is 0. The van der Waals surface area contributed by atoms with E-state index in [1.165, 1.54) is 19.3 Å². The summed E-state index contributed by atoms with van der Waals surface area (Å²) in [6.45, 7) is 7.56. The number of alkyl halides is 2. The molecule has 59 valence electrons. The van der Waals surface area contributed by atoms with Crippen molar-refractivity contribution in [1.29, 1.82) is 0 Å². The third kappa shape index (κ3) is 5.48. The van der Waals surface area contributed by atoms with Gasteiger partial charge in [0.2, 0.25) is 0 Å². The monoisotopic (exact) mass is 267 g/mol. The van der Waals surface area contributed by atoms with E-state index in [1.807, 2.05) is 0 Å². The molecule has 0 unspecified atom stereocenters. The molecule has 0 rings (SSSR count). The second-order valence-corrected chi connectivity index (χ2v) is 6.28. The van der Waals surface area contributed by atoms with E-state index in [2.05, 4.69) is 38.8 Å². The summed E-state index contributed by atoms with van der Waals surface area (Å²) >= 11 is 6.89. The summed E-state index contributed by atoms with van der Waals surface area (Å²) in [5, 5.41) is 0. The summed E-state index contributed by atoms with van der Waals surface area (Å²) in [6.07, 6.45) is 6.42. The molecule has 0 atom stereocenters. The van der Waals surface area contributed by atoms with Crippen molar-refractivity contribution < 1.29 is 0 Å². The molecule has 0 amide bonds. The van der Waals surface area contributed by atoms with Gasteiger partial charge in [-0.3, -0.25) is 0 Å². The van der Waals surface area contributed by atoms with Crippen molar-refractivity contribution in [1.82, 2.24) is 0 Å². The predicted octanol–water partition coefficient (Wildman–Crippen LogP) is 4.04. The molecule has 0 aliphatic carbocycles. The number of hydrogen-bond acceptors (Lipinski definition) is 0. The van der Waals surface area contributed by atoms with E-state index in [0.29, 0.717) is 0 Å². The fraction of sp³-hybridized carbons (Fsp3) is 0.750. The Morgan fingerprint density at radius 3 is 2.40 bits per heavy atom. The molecule has 0 bridgehead atoms. The zero-order valence-electron chi connectivity index (χ0n) is 6.24. The van der Waals surface area contributed by atoms with E-state index in [9.17, 15) is 0 Å². The van der Waals surface area contributed by atoms with Gasteiger partial charge in [-0.25, -0.2) is 0 Å². The SMILES string of the molecule is [CH]=CC(Br)(Br)CCCCC. The van der Waals surface area contributed by atoms with Gasteiger partial charge in [0, 0.05) is 0 Å². The molecular weight excluding hydrogens is 256 g/mol. The highest BCUT2D eigenvalue weighted by Crippen LogP contribution is 2.32. The lowest BCUT2D eigenvalue weighted by atomic mass is 10.1. The Morgan fingerprint density at radius 1 is 1.40 bits per heavy atom. The predicted molar refractivity (Wildman–Crippen MR) is 53.6 cm³/mol. The number of allylic oxidation sites excluding steroid dienone is 1. The highest BCUT2D eigenvalue weighted by Gasteiger charge is 2.15. The zero-order valence-corrected chi connectivity index (χ0v) is 9.41. The zero-order chi connectivity index (χ0) is 8.04. The average Bonchev–Trinajstić information content (AvgIpc) is 1.89. The van der Waals surface area contributed by atoms with Crippen LogP contribution in [0.5, 0.6) is 0 Å². The minimum Gasteiger partial charge on any atom is -0.0681 e. The standard InChI is InChI=1S/C8H13Br2/c1-3-5-6-7-8(9,10)4-2/h2,4H,3,5-7H2,1H3. The average molecular weight is 269 g/mol. The van der Waals surface area contributed by atoms with Gasteiger partial charge in [-0.15, -0.1) is 0 Å². The van der Waals surface area contributed by atoms with E-state index in [4.69, 9.17) is 6.58 Å². The lowest BCUT2D eigenvalue weighted by Gasteiger charge is -2.13. The van der Waals surface area contributed by atoms with Gasteiger partial charge in [0.15, 0.2) is 0 Å². The van der Waals surface area contributed by atoms with Crippen molar-refractivity contribution in [2.75, 3.05) is 0 Å². The molecule has 2 heteroatoms. The molecule has 0 N–H and O–H groups in total. The van der Waals surface area contributed by atoms with Gasteiger partial charge in [-0.1, -0.05) is 70.7 Å². The Labute approximate surface area is 80.3 Å². The molecule has 1 radical (unpaired) electrons. The summed E-state index contributed by atoms with van der Waals surface area (Å²) < 4.78 is -0.130. The van der Waals surface area contributed by atoms with Crippen molar-refractivity contribution in [2.24, 2.45) is 0 Å². The van der Waals surface area contributed by atoms with Gasteiger partial charge < -0.3 is 0 Å². The van der Waals surface area contributed by atoms with E-state index < -0.39 is 0 Å². The topological polar surface area (TPSA) is 0 Å². The van der Waals surface area contributed by atoms with Crippen molar-refractivity contribution >= 4 is 31.9 Å². The molecule has 0 aliphatic rings. The molecule has 0 aromatic carbocycles. The summed E-state index contributed by atoms with van der Waals surface area (Å²) in [5.41, 5.74) is 0. The van der Waals surface area contributed by atoms with Gasteiger partial charge in [-0.2, -0.15) is 0 Å². The van der Waals surface area contributed by atoms with Crippen LogP contribution in [0, 0.1) is 6.58 Å². The first kappa shape index (κ1) is 10.7. The van der Waals surface area contributed by atoms with E-state index in [0.717, 1.165) is 6.42 Å². The van der Waals surface area contributed by atoms with Crippen LogP contribution in [0.1, 0.15) is 32.6 Å². The van der Waals surface area contributed by atoms with Crippen molar-refractivity contribution in [3.05, 3.63) is 12.7 Å². The molecule has 0 heterocycles. The van der Waals surface area contributed by atoms with Crippen LogP contribution < -0.4 is 0 Å². The minimum absolute atomic E-state index is 0.130. The van der Waals surface area contributed by atoms with Crippen LogP contribution in [-0.2, 0) is 0 Å². The van der Waals surface area contributed by atoms with Gasteiger partial charge in [0.1, 0.15) is 0 Å². The minimum atomic E-state index is -0.130. The first-order valence-corrected chi connectivity index (χ1v) is 5.15. The Hall–Kier alpha value is 0.700. The van der Waals surface area contributed by atoms with Crippen molar-refractivity contribution in [2.45, 2.75) is 35.8 Å². The van der Waals surface area contributed by atoms with Crippen LogP contribution >= 0.6 is 31.9 Å². The van der Waals surface area contributed by atoms with E-state index in [1.54, 1.807) is 6.08 Å². The molecule has 0 aromatic heterocycles. The highest BCUT2D eigenvalue weighted by molar-refractivity contribution is 9.25. The molecule has 0 saturated heterocycles. The quantitative estimate of drug-likeness (QED) is 0.522. The first-order chi connectivity index (χ1) is 4.62. The number of halogens is 2. The molecule has 0 spiro atoms. The van der Waals surface area contributed by atoms with Gasteiger partial charge >= 0.3 is 0 Å². The third-order valence-electron chi connectivity index (χ3n) is 1.36. The van der Waals surface area contributed by atoms with Crippen LogP contribution in [0.4, 0.5) is 0 Å². The summed E-state index contributed by atoms with van der Waals surface area (Å²) in [4.78, 5) is 0. The summed E-state index contributed by atoms with van der Waals surface area (Å²) in [7, 11) is 0. The molecule has 0 aliphatic heterocycles. The maximum absolute atomic E-state index is 5.37. The summed E-state index contributed by atoms with van der Waals surface area (Å²) in [6, 6.07) is 0. The maximum atomic E-state index is 5.37. The molecule has 0 nitrogen and oxygen atoms in total. The Balaban J connectivity index is 3.37. The number of rotatable bonds is 5. The van der Waals surface area contributed by atoms with Crippen LogP contribution in [0.25, 0.3) is 0 Å². The normalized spacial score (nSPS) is 11.5. The maximum Gasteiger partial charge on any atom is 0.0987 e. The second-order valence-electron chi connectivity index (χ2n) is 2.38. The van der Waals surface area contributed by atoms with E-state index >= 15 is 0 Å². The van der Waals surface area contributed by atoms with Gasteiger partial charge in [0.05, 0.1) is 3.23 Å². The lowest BCUT2D eigenvalue weighted by Crippen LogP contribution is -2.05. The van der Waals surface area contributed by atoms with Crippen LogP contribution in [-0.4, -0.2) is 3.23 Å². The third-order valence-corrected chi connectivity index (χ3v) is 2.68. The van der Waals surface area contributed by atoms with Crippen LogP contribution in [0.2, 0.25) is 0 Å². The Bertz CT molecular complexity index is 97.4. The number of unbranched alkanes of at least 4 members (excludes halogenated alkanes) is 2. The fourth-order valence-corrected chi connectivity index (χ4v) is 1.25. The Morgan fingerprint density at radius 2 is 2.00 bits per heavy atom. The van der Waals surface area contributed by atoms with Crippen molar-refractivity contribution in [3.63, 3.8) is 0 Å². The largest absolute Gasteiger partial charge is 0.0987 e. The summed E-state index contributed by atoms with van der Waals surface area (Å²) in [5.74, 6) is 0. The molecule has 10 heavy (non-hydrogen) atoms. The molecule has 0 saturated carbocycles. The van der Waals surface area contributed by atoms with Gasteiger partial charge in [0.25, 0.3) is 0 Å². The first-order valence-electron chi connectivity index (χ1n) is 3.56. The second kappa shape index (κ2) is 5.36. The molecule has 0 fully saturated rings. The van der Waals surface area contributed by atoms with Crippen LogP contribution in [0.3, 0.4) is 0 Å². The Kier molecular flexibility index (Phi) is 5.74. The lowest BCUT2D eigenvalue weighted by molar-refractivity contribution is 0.673. The van der Waals surface area contributed by atoms with Gasteiger partial charge in [-0.05, 0) is 6.42 Å². The smallest absolute Gasteiger partial charge is 0.0681 e. The van der Waals surface area contributed by atoms with Crippen LogP contribution in [0.15, 0.2) is 6.08 Å². The molecular formula is C8H13Br2. The highest BCUT2D eigenvalue weighted by atomic mass is 79.9. The fourth-order valence-electron chi connectivity index (χ4n) is 0.694. The van der Waals surface area contributed by atoms with E-state index in [-0.39, 0.29) is 3.23 Å².